The van der Waals surface area contributed by atoms with Gasteiger partial charge in [0.15, 0.2) is 0 Å². The molecule has 78 valence electrons. The minimum Gasteiger partial charge on any atom is -0.354 e. The predicted octanol–water partition coefficient (Wildman–Crippen LogP) is 2.29. The Morgan fingerprint density at radius 2 is 1.69 bits per heavy atom. The molecule has 0 aliphatic heterocycles. The lowest BCUT2D eigenvalue weighted by atomic mass is 9.95. The van der Waals surface area contributed by atoms with Crippen LogP contribution in [0.5, 0.6) is 0 Å². The van der Waals surface area contributed by atoms with Gasteiger partial charge in [0.25, 0.3) is 0 Å². The Kier molecular flexibility index (Phi) is 4.30. The second-order valence-corrected chi connectivity index (χ2v) is 6.41. The van der Waals surface area contributed by atoms with E-state index in [4.69, 9.17) is 0 Å². The Hall–Kier alpha value is -0.180. The molecular formula is C10H21NOS. The average molecular weight is 203 g/mol. The fourth-order valence-corrected chi connectivity index (χ4v) is 0.847. The smallest absolute Gasteiger partial charge is 0.225 e. The van der Waals surface area contributed by atoms with Crippen LogP contribution >= 0.6 is 11.8 Å². The molecule has 1 amide bonds. The van der Waals surface area contributed by atoms with Gasteiger partial charge in [-0.3, -0.25) is 4.79 Å². The summed E-state index contributed by atoms with van der Waals surface area (Å²) in [5, 5.41) is 2.95. The van der Waals surface area contributed by atoms with Crippen molar-refractivity contribution in [1.82, 2.24) is 5.32 Å². The van der Waals surface area contributed by atoms with E-state index in [1.165, 1.54) is 0 Å². The van der Waals surface area contributed by atoms with E-state index in [0.717, 1.165) is 6.54 Å². The van der Waals surface area contributed by atoms with Crippen LogP contribution < -0.4 is 5.32 Å². The lowest BCUT2D eigenvalue weighted by molar-refractivity contribution is -0.128. The van der Waals surface area contributed by atoms with E-state index >= 15 is 0 Å². The van der Waals surface area contributed by atoms with E-state index in [0.29, 0.717) is 0 Å². The van der Waals surface area contributed by atoms with Gasteiger partial charge in [0.2, 0.25) is 5.91 Å². The average Bonchev–Trinajstić information content (AvgIpc) is 1.98. The maximum absolute atomic E-state index is 11.5. The first kappa shape index (κ1) is 12.8. The second-order valence-electron chi connectivity index (χ2n) is 4.90. The standard InChI is InChI=1S/C10H21NOS/c1-9(2,3)8(12)11-7-10(4,5)13-6/h7H2,1-6H3,(H,11,12). The fourth-order valence-electron chi connectivity index (χ4n) is 0.630. The summed E-state index contributed by atoms with van der Waals surface area (Å²) < 4.78 is 0.126. The zero-order chi connectivity index (χ0) is 10.7. The van der Waals surface area contributed by atoms with Crippen molar-refractivity contribution in [2.45, 2.75) is 39.4 Å². The SMILES string of the molecule is CSC(C)(C)CNC(=O)C(C)(C)C. The van der Waals surface area contributed by atoms with E-state index in [2.05, 4.69) is 25.4 Å². The Balaban J connectivity index is 3.98. The molecule has 0 heterocycles. The quantitative estimate of drug-likeness (QED) is 0.762. The van der Waals surface area contributed by atoms with Crippen LogP contribution in [-0.2, 0) is 4.79 Å². The summed E-state index contributed by atoms with van der Waals surface area (Å²) in [6.45, 7) is 10.8. The molecule has 0 atom stereocenters. The zero-order valence-electron chi connectivity index (χ0n) is 9.52. The first-order valence-electron chi connectivity index (χ1n) is 4.52. The molecule has 13 heavy (non-hydrogen) atoms. The highest BCUT2D eigenvalue weighted by Gasteiger charge is 2.23. The highest BCUT2D eigenvalue weighted by molar-refractivity contribution is 7.99. The molecular weight excluding hydrogens is 182 g/mol. The molecule has 0 spiro atoms. The van der Waals surface area contributed by atoms with Crippen molar-refractivity contribution >= 4 is 17.7 Å². The molecule has 0 aromatic rings. The molecule has 2 nitrogen and oxygen atoms in total. The number of thioether (sulfide) groups is 1. The molecule has 0 aliphatic carbocycles. The third-order valence-corrected chi connectivity index (χ3v) is 3.16. The number of hydrogen-bond donors (Lipinski definition) is 1. The first-order chi connectivity index (χ1) is 5.69. The summed E-state index contributed by atoms with van der Waals surface area (Å²) in [6.07, 6.45) is 2.06. The van der Waals surface area contributed by atoms with Gasteiger partial charge in [-0.25, -0.2) is 0 Å². The molecule has 0 aliphatic rings. The second kappa shape index (κ2) is 4.36. The predicted molar refractivity (Wildman–Crippen MR) is 60.1 cm³/mol. The fraction of sp³-hybridized carbons (Fsp3) is 0.900. The van der Waals surface area contributed by atoms with E-state index in [-0.39, 0.29) is 16.1 Å². The van der Waals surface area contributed by atoms with Gasteiger partial charge in [-0.1, -0.05) is 20.8 Å². The van der Waals surface area contributed by atoms with Gasteiger partial charge in [0.05, 0.1) is 0 Å². The minimum absolute atomic E-state index is 0.120. The van der Waals surface area contributed by atoms with Crippen LogP contribution in [0, 0.1) is 5.41 Å². The molecule has 0 aromatic carbocycles. The third-order valence-electron chi connectivity index (χ3n) is 1.91. The van der Waals surface area contributed by atoms with Crippen LogP contribution in [0.3, 0.4) is 0 Å². The van der Waals surface area contributed by atoms with Crippen LogP contribution in [0.15, 0.2) is 0 Å². The zero-order valence-corrected chi connectivity index (χ0v) is 10.3. The Morgan fingerprint density at radius 3 is 2.00 bits per heavy atom. The topological polar surface area (TPSA) is 29.1 Å². The molecule has 1 N–H and O–H groups in total. The van der Waals surface area contributed by atoms with Crippen molar-refractivity contribution in [3.05, 3.63) is 0 Å². The Labute approximate surface area is 85.9 Å². The van der Waals surface area contributed by atoms with Crippen LogP contribution in [0.1, 0.15) is 34.6 Å². The summed E-state index contributed by atoms with van der Waals surface area (Å²) >= 11 is 1.76. The molecule has 0 saturated heterocycles. The lowest BCUT2D eigenvalue weighted by Crippen LogP contribution is -2.41. The van der Waals surface area contributed by atoms with Gasteiger partial charge >= 0.3 is 0 Å². The number of hydrogen-bond acceptors (Lipinski definition) is 2. The maximum Gasteiger partial charge on any atom is 0.225 e. The maximum atomic E-state index is 11.5. The van der Waals surface area contributed by atoms with Crippen molar-refractivity contribution < 1.29 is 4.79 Å². The van der Waals surface area contributed by atoms with Crippen LogP contribution in [0.4, 0.5) is 0 Å². The number of nitrogens with one attached hydrogen (secondary N) is 1. The normalized spacial score (nSPS) is 12.8. The van der Waals surface area contributed by atoms with Crippen molar-refractivity contribution in [1.29, 1.82) is 0 Å². The van der Waals surface area contributed by atoms with Crippen molar-refractivity contribution in [2.75, 3.05) is 12.8 Å². The number of carbonyl (C=O) groups excluding carboxylic acids is 1. The van der Waals surface area contributed by atoms with Gasteiger partial charge in [-0.05, 0) is 20.1 Å². The molecule has 3 heteroatoms. The number of carbonyl (C=O) groups is 1. The summed E-state index contributed by atoms with van der Waals surface area (Å²) in [5.41, 5.74) is -0.283. The van der Waals surface area contributed by atoms with E-state index in [1.807, 2.05) is 20.8 Å². The molecule has 0 radical (unpaired) electrons. The van der Waals surface area contributed by atoms with Crippen LogP contribution in [0.25, 0.3) is 0 Å². The first-order valence-corrected chi connectivity index (χ1v) is 5.75. The minimum atomic E-state index is -0.283. The monoisotopic (exact) mass is 203 g/mol. The van der Waals surface area contributed by atoms with Gasteiger partial charge in [0.1, 0.15) is 0 Å². The van der Waals surface area contributed by atoms with Crippen molar-refractivity contribution in [3.8, 4) is 0 Å². The molecule has 0 rings (SSSR count). The molecule has 0 bridgehead atoms. The summed E-state index contributed by atoms with van der Waals surface area (Å²) in [6, 6.07) is 0. The Bertz CT molecular complexity index is 182. The molecule has 0 unspecified atom stereocenters. The lowest BCUT2D eigenvalue weighted by Gasteiger charge is -2.25. The highest BCUT2D eigenvalue weighted by atomic mass is 32.2. The summed E-state index contributed by atoms with van der Waals surface area (Å²) in [4.78, 5) is 11.5. The largest absolute Gasteiger partial charge is 0.354 e. The molecule has 0 aromatic heterocycles. The highest BCUT2D eigenvalue weighted by Crippen LogP contribution is 2.20. The summed E-state index contributed by atoms with van der Waals surface area (Å²) in [5.74, 6) is 0.120. The molecule has 0 fully saturated rings. The number of rotatable bonds is 3. The van der Waals surface area contributed by atoms with E-state index in [1.54, 1.807) is 11.8 Å². The Morgan fingerprint density at radius 1 is 1.23 bits per heavy atom. The van der Waals surface area contributed by atoms with Gasteiger partial charge in [-0.15, -0.1) is 0 Å². The van der Waals surface area contributed by atoms with Gasteiger partial charge < -0.3 is 5.32 Å². The van der Waals surface area contributed by atoms with E-state index in [9.17, 15) is 4.79 Å². The van der Waals surface area contributed by atoms with Crippen molar-refractivity contribution in [3.63, 3.8) is 0 Å². The van der Waals surface area contributed by atoms with Crippen LogP contribution in [-0.4, -0.2) is 23.5 Å². The summed E-state index contributed by atoms with van der Waals surface area (Å²) in [7, 11) is 0. The number of amides is 1. The van der Waals surface area contributed by atoms with Gasteiger partial charge in [0, 0.05) is 16.7 Å². The molecule has 0 saturated carbocycles. The van der Waals surface area contributed by atoms with E-state index < -0.39 is 0 Å². The third kappa shape index (κ3) is 5.19. The van der Waals surface area contributed by atoms with Crippen LogP contribution in [0.2, 0.25) is 0 Å². The van der Waals surface area contributed by atoms with Gasteiger partial charge in [-0.2, -0.15) is 11.8 Å². The van der Waals surface area contributed by atoms with Crippen molar-refractivity contribution in [2.24, 2.45) is 5.41 Å².